The fourth-order valence-electron chi connectivity index (χ4n) is 2.84. The summed E-state index contributed by atoms with van der Waals surface area (Å²) >= 11 is 3.24. The van der Waals surface area contributed by atoms with E-state index in [1.807, 2.05) is 13.8 Å². The average Bonchev–Trinajstić information content (AvgIpc) is 2.95. The van der Waals surface area contributed by atoms with Crippen LogP contribution in [0.3, 0.4) is 0 Å². The van der Waals surface area contributed by atoms with Crippen LogP contribution in [0.25, 0.3) is 0 Å². The fraction of sp³-hybridized carbons (Fsp3) is 0.562. The molecular formula is C16H21BrFNO. The summed E-state index contributed by atoms with van der Waals surface area (Å²) < 4.78 is 14.6. The number of likely N-dealkylation sites (tertiary alicyclic amines) is 1. The molecule has 1 unspecified atom stereocenters. The van der Waals surface area contributed by atoms with Gasteiger partial charge in [0, 0.05) is 10.9 Å². The van der Waals surface area contributed by atoms with Crippen molar-refractivity contribution in [2.45, 2.75) is 45.1 Å². The number of carbonyl (C=O) groups excluding carboxylic acids is 1. The van der Waals surface area contributed by atoms with Crippen LogP contribution in [-0.4, -0.2) is 29.3 Å². The summed E-state index contributed by atoms with van der Waals surface area (Å²) in [6.45, 7) is 5.98. The maximum absolute atomic E-state index is 13.9. The number of halogens is 2. The van der Waals surface area contributed by atoms with Crippen LogP contribution in [0.15, 0.2) is 22.7 Å². The van der Waals surface area contributed by atoms with Crippen molar-refractivity contribution in [3.05, 3.63) is 34.1 Å². The Morgan fingerprint density at radius 1 is 1.40 bits per heavy atom. The molecule has 1 aliphatic heterocycles. The first kappa shape index (κ1) is 15.6. The Morgan fingerprint density at radius 2 is 2.05 bits per heavy atom. The zero-order chi connectivity index (χ0) is 14.8. The van der Waals surface area contributed by atoms with Gasteiger partial charge in [-0.3, -0.25) is 9.69 Å². The predicted octanol–water partition coefficient (Wildman–Crippen LogP) is 3.96. The fourth-order valence-corrected chi connectivity index (χ4v) is 3.17. The number of ketones is 1. The maximum atomic E-state index is 13.9. The highest BCUT2D eigenvalue weighted by Crippen LogP contribution is 2.27. The summed E-state index contributed by atoms with van der Waals surface area (Å²) in [6.07, 6.45) is 3.23. The first-order chi connectivity index (χ1) is 9.47. The molecule has 1 aromatic carbocycles. The Balaban J connectivity index is 2.16. The van der Waals surface area contributed by atoms with Crippen LogP contribution >= 0.6 is 15.9 Å². The first-order valence-corrected chi connectivity index (χ1v) is 7.99. The van der Waals surface area contributed by atoms with Gasteiger partial charge in [0.1, 0.15) is 5.82 Å². The molecule has 0 aliphatic carbocycles. The van der Waals surface area contributed by atoms with Gasteiger partial charge in [-0.2, -0.15) is 0 Å². The second-order valence-electron chi connectivity index (χ2n) is 5.66. The molecule has 2 rings (SSSR count). The molecule has 1 saturated heterocycles. The predicted molar refractivity (Wildman–Crippen MR) is 82.3 cm³/mol. The number of hydrogen-bond donors (Lipinski definition) is 0. The van der Waals surface area contributed by atoms with Gasteiger partial charge in [-0.15, -0.1) is 0 Å². The highest BCUT2D eigenvalue weighted by atomic mass is 79.9. The van der Waals surface area contributed by atoms with Gasteiger partial charge in [-0.1, -0.05) is 28.9 Å². The molecule has 0 bridgehead atoms. The minimum Gasteiger partial charge on any atom is -0.297 e. The summed E-state index contributed by atoms with van der Waals surface area (Å²) in [5.74, 6) is -0.198. The van der Waals surface area contributed by atoms with E-state index in [2.05, 4.69) is 20.8 Å². The Labute approximate surface area is 128 Å². The van der Waals surface area contributed by atoms with E-state index < -0.39 is 5.54 Å². The lowest BCUT2D eigenvalue weighted by molar-refractivity contribution is -0.129. The molecule has 1 aliphatic rings. The molecule has 110 valence electrons. The van der Waals surface area contributed by atoms with E-state index in [9.17, 15) is 9.18 Å². The van der Waals surface area contributed by atoms with Crippen molar-refractivity contribution in [2.24, 2.45) is 0 Å². The van der Waals surface area contributed by atoms with E-state index in [1.54, 1.807) is 12.1 Å². The third-order valence-electron chi connectivity index (χ3n) is 4.46. The SMILES string of the molecule is CCC(C)(C(=O)Cc1ccc(Br)cc1F)N1CCCC1. The lowest BCUT2D eigenvalue weighted by atomic mass is 9.87. The molecule has 20 heavy (non-hydrogen) atoms. The zero-order valence-electron chi connectivity index (χ0n) is 12.1. The standard InChI is InChI=1S/C16H21BrFNO/c1-3-16(2,19-8-4-5-9-19)15(20)10-12-6-7-13(17)11-14(12)18/h6-7,11H,3-5,8-10H2,1-2H3. The lowest BCUT2D eigenvalue weighted by Crippen LogP contribution is -2.51. The molecule has 0 N–H and O–H groups in total. The van der Waals surface area contributed by atoms with Crippen molar-refractivity contribution in [1.29, 1.82) is 0 Å². The van der Waals surface area contributed by atoms with Crippen LogP contribution in [-0.2, 0) is 11.2 Å². The van der Waals surface area contributed by atoms with E-state index in [0.29, 0.717) is 10.0 Å². The summed E-state index contributed by atoms with van der Waals surface area (Å²) in [5, 5.41) is 0. The minimum atomic E-state index is -0.462. The van der Waals surface area contributed by atoms with E-state index in [1.165, 1.54) is 6.07 Å². The number of Topliss-reactive ketones (excluding diaryl/α,β-unsaturated/α-hetero) is 1. The van der Waals surface area contributed by atoms with Crippen LogP contribution in [0.5, 0.6) is 0 Å². The van der Waals surface area contributed by atoms with E-state index in [0.717, 1.165) is 32.4 Å². The molecule has 0 amide bonds. The molecule has 1 fully saturated rings. The Morgan fingerprint density at radius 3 is 2.60 bits per heavy atom. The van der Waals surface area contributed by atoms with Gasteiger partial charge in [-0.05, 0) is 57.0 Å². The van der Waals surface area contributed by atoms with Gasteiger partial charge >= 0.3 is 0 Å². The van der Waals surface area contributed by atoms with Crippen LogP contribution < -0.4 is 0 Å². The van der Waals surface area contributed by atoms with Gasteiger partial charge in [0.2, 0.25) is 0 Å². The molecule has 1 heterocycles. The normalized spacial score (nSPS) is 19.0. The van der Waals surface area contributed by atoms with E-state index >= 15 is 0 Å². The zero-order valence-corrected chi connectivity index (χ0v) is 13.7. The Bertz CT molecular complexity index is 499. The lowest BCUT2D eigenvalue weighted by Gasteiger charge is -2.36. The summed E-state index contributed by atoms with van der Waals surface area (Å²) in [5.41, 5.74) is 0.0211. The van der Waals surface area contributed by atoms with E-state index in [4.69, 9.17) is 0 Å². The van der Waals surface area contributed by atoms with E-state index in [-0.39, 0.29) is 18.0 Å². The Hall–Kier alpha value is -0.740. The van der Waals surface area contributed by atoms with Crippen LogP contribution in [0.1, 0.15) is 38.7 Å². The monoisotopic (exact) mass is 341 g/mol. The maximum Gasteiger partial charge on any atom is 0.157 e. The summed E-state index contributed by atoms with van der Waals surface area (Å²) in [7, 11) is 0. The van der Waals surface area contributed by atoms with Gasteiger partial charge in [0.15, 0.2) is 5.78 Å². The third-order valence-corrected chi connectivity index (χ3v) is 4.95. The van der Waals surface area contributed by atoms with Gasteiger partial charge in [-0.25, -0.2) is 4.39 Å². The van der Waals surface area contributed by atoms with Crippen LogP contribution in [0.4, 0.5) is 4.39 Å². The molecule has 1 aromatic rings. The van der Waals surface area contributed by atoms with Gasteiger partial charge < -0.3 is 0 Å². The highest BCUT2D eigenvalue weighted by molar-refractivity contribution is 9.10. The largest absolute Gasteiger partial charge is 0.297 e. The molecule has 1 atom stereocenters. The number of nitrogens with zero attached hydrogens (tertiary/aromatic N) is 1. The van der Waals surface area contributed by atoms with Crippen molar-refractivity contribution in [3.8, 4) is 0 Å². The number of hydrogen-bond acceptors (Lipinski definition) is 2. The topological polar surface area (TPSA) is 20.3 Å². The second kappa shape index (κ2) is 6.35. The highest BCUT2D eigenvalue weighted by Gasteiger charge is 2.38. The smallest absolute Gasteiger partial charge is 0.157 e. The van der Waals surface area contributed by atoms with Crippen molar-refractivity contribution >= 4 is 21.7 Å². The minimum absolute atomic E-state index is 0.114. The van der Waals surface area contributed by atoms with Crippen molar-refractivity contribution in [1.82, 2.24) is 4.90 Å². The number of rotatable bonds is 5. The van der Waals surface area contributed by atoms with Crippen LogP contribution in [0.2, 0.25) is 0 Å². The molecule has 0 radical (unpaired) electrons. The quantitative estimate of drug-likeness (QED) is 0.807. The second-order valence-corrected chi connectivity index (χ2v) is 6.57. The molecular weight excluding hydrogens is 321 g/mol. The van der Waals surface area contributed by atoms with Crippen molar-refractivity contribution in [2.75, 3.05) is 13.1 Å². The molecule has 0 spiro atoms. The molecule has 0 aromatic heterocycles. The molecule has 4 heteroatoms. The van der Waals surface area contributed by atoms with Gasteiger partial charge in [0.25, 0.3) is 0 Å². The van der Waals surface area contributed by atoms with Crippen LogP contribution in [0, 0.1) is 5.82 Å². The number of benzene rings is 1. The number of carbonyl (C=O) groups is 1. The summed E-state index contributed by atoms with van der Waals surface area (Å²) in [6, 6.07) is 4.89. The summed E-state index contributed by atoms with van der Waals surface area (Å²) in [4.78, 5) is 14.9. The Kier molecular flexibility index (Phi) is 4.97. The molecule has 0 saturated carbocycles. The third kappa shape index (κ3) is 3.12. The molecule has 2 nitrogen and oxygen atoms in total. The van der Waals surface area contributed by atoms with Crippen molar-refractivity contribution in [3.63, 3.8) is 0 Å². The van der Waals surface area contributed by atoms with Gasteiger partial charge in [0.05, 0.1) is 5.54 Å². The first-order valence-electron chi connectivity index (χ1n) is 7.19. The average molecular weight is 342 g/mol. The van der Waals surface area contributed by atoms with Crippen molar-refractivity contribution < 1.29 is 9.18 Å².